The van der Waals surface area contributed by atoms with Crippen molar-refractivity contribution in [1.29, 1.82) is 0 Å². The Bertz CT molecular complexity index is 123. The predicted octanol–water partition coefficient (Wildman–Crippen LogP) is -0.668. The Morgan fingerprint density at radius 2 is 1.55 bits per heavy atom. The van der Waals surface area contributed by atoms with Crippen molar-refractivity contribution in [3.63, 3.8) is 0 Å². The smallest absolute Gasteiger partial charge is 0.300 e. The largest absolute Gasteiger partial charge is 0.481 e. The number of aliphatic carboxylic acids is 1. The van der Waals surface area contributed by atoms with Crippen LogP contribution in [0.25, 0.3) is 0 Å². The number of rotatable bonds is 1. The lowest BCUT2D eigenvalue weighted by molar-refractivity contribution is -0.134. The molecule has 0 aliphatic rings. The molecule has 0 saturated carbocycles. The van der Waals surface area contributed by atoms with Gasteiger partial charge in [0.05, 0.1) is 6.04 Å². The Kier molecular flexibility index (Phi) is 13.9. The third-order valence-electron chi connectivity index (χ3n) is 0.449. The van der Waals surface area contributed by atoms with Crippen LogP contribution in [0.15, 0.2) is 0 Å². The minimum atomic E-state index is -0.833. The molecule has 0 aliphatic heterocycles. The molecule has 0 saturated heterocycles. The molecule has 0 bridgehead atoms. The molecule has 0 aromatic heterocycles. The maximum atomic E-state index is 9.80. The topological polar surface area (TPSA) is 106 Å². The van der Waals surface area contributed by atoms with Crippen molar-refractivity contribution in [1.82, 2.24) is 0 Å². The minimum absolute atomic E-state index is 0. The molecule has 0 aromatic carbocycles. The fourth-order valence-electron chi connectivity index (χ4n) is 0. The van der Waals surface area contributed by atoms with E-state index in [1.165, 1.54) is 0 Å². The van der Waals surface area contributed by atoms with Crippen LogP contribution in [0, 0.1) is 0 Å². The van der Waals surface area contributed by atoms with E-state index >= 15 is 0 Å². The fraction of sp³-hybridized carbons (Fsp3) is 0.600. The summed E-state index contributed by atoms with van der Waals surface area (Å²) in [6.07, 6.45) is 0. The molecule has 0 aromatic rings. The SMILES string of the molecule is CC(=O)O.C[C@H](N)C(N)=O.Cl. The van der Waals surface area contributed by atoms with E-state index < -0.39 is 17.9 Å². The van der Waals surface area contributed by atoms with Gasteiger partial charge >= 0.3 is 0 Å². The fourth-order valence-corrected chi connectivity index (χ4v) is 0. The van der Waals surface area contributed by atoms with E-state index in [1.54, 1.807) is 6.92 Å². The Balaban J connectivity index is -0.000000114. The van der Waals surface area contributed by atoms with Gasteiger partial charge < -0.3 is 16.6 Å². The van der Waals surface area contributed by atoms with E-state index in [2.05, 4.69) is 5.73 Å². The van der Waals surface area contributed by atoms with Crippen molar-refractivity contribution < 1.29 is 14.7 Å². The number of carbonyl (C=O) groups is 2. The Morgan fingerprint density at radius 1 is 1.45 bits per heavy atom. The maximum absolute atomic E-state index is 9.80. The Morgan fingerprint density at radius 3 is 1.55 bits per heavy atom. The van der Waals surface area contributed by atoms with Crippen molar-refractivity contribution >= 4 is 24.3 Å². The van der Waals surface area contributed by atoms with Gasteiger partial charge in [-0.15, -0.1) is 12.4 Å². The van der Waals surface area contributed by atoms with Gasteiger partial charge in [0.1, 0.15) is 0 Å². The molecule has 0 rings (SSSR count). The molecule has 0 aliphatic carbocycles. The normalized spacial score (nSPS) is 9.73. The molecule has 5 N–H and O–H groups in total. The standard InChI is InChI=1S/C3H8N2O.C2H4O2.ClH/c1-2(4)3(5)6;1-2(3)4;/h2H,4H2,1H3,(H2,5,6);1H3,(H,3,4);1H/t2-;;/m0../s1. The first kappa shape index (κ1) is 16.6. The second kappa shape index (κ2) is 9.19. The van der Waals surface area contributed by atoms with Gasteiger partial charge in [0.15, 0.2) is 0 Å². The van der Waals surface area contributed by atoms with Gasteiger partial charge in [-0.3, -0.25) is 9.59 Å². The Labute approximate surface area is 71.2 Å². The summed E-state index contributed by atoms with van der Waals surface area (Å²) in [6.45, 7) is 2.63. The number of hydrogen-bond acceptors (Lipinski definition) is 3. The summed E-state index contributed by atoms with van der Waals surface area (Å²) in [6, 6.07) is -0.509. The molecule has 0 heterocycles. The van der Waals surface area contributed by atoms with Crippen LogP contribution < -0.4 is 11.5 Å². The van der Waals surface area contributed by atoms with Gasteiger partial charge in [0, 0.05) is 6.92 Å². The lowest BCUT2D eigenvalue weighted by Gasteiger charge is -1.91. The van der Waals surface area contributed by atoms with Crippen LogP contribution in [0.3, 0.4) is 0 Å². The molecule has 0 spiro atoms. The zero-order valence-electron chi connectivity index (χ0n) is 6.40. The number of carboxylic acids is 1. The molecule has 0 unspecified atom stereocenters. The summed E-state index contributed by atoms with van der Waals surface area (Å²) in [5, 5.41) is 7.42. The van der Waals surface area contributed by atoms with Crippen LogP contribution in [0.5, 0.6) is 0 Å². The summed E-state index contributed by atoms with van der Waals surface area (Å²) in [5.41, 5.74) is 9.63. The van der Waals surface area contributed by atoms with Crippen LogP contribution in [0.2, 0.25) is 0 Å². The van der Waals surface area contributed by atoms with Gasteiger partial charge in [-0.25, -0.2) is 0 Å². The number of amides is 1. The molecule has 0 radical (unpaired) electrons. The summed E-state index contributed by atoms with van der Waals surface area (Å²) in [4.78, 5) is 18.8. The van der Waals surface area contributed by atoms with Crippen molar-refractivity contribution in [2.75, 3.05) is 0 Å². The number of hydrogen-bond donors (Lipinski definition) is 3. The lowest BCUT2D eigenvalue weighted by atomic mass is 10.4. The van der Waals surface area contributed by atoms with Gasteiger partial charge in [0.2, 0.25) is 5.91 Å². The Hall–Kier alpha value is -0.810. The third-order valence-corrected chi connectivity index (χ3v) is 0.449. The predicted molar refractivity (Wildman–Crippen MR) is 43.4 cm³/mol. The highest BCUT2D eigenvalue weighted by molar-refractivity contribution is 5.85. The third kappa shape index (κ3) is 46.7. The quantitative estimate of drug-likeness (QED) is 0.503. The van der Waals surface area contributed by atoms with Crippen LogP contribution in [0.1, 0.15) is 13.8 Å². The van der Waals surface area contributed by atoms with E-state index in [0.717, 1.165) is 6.92 Å². The molecular weight excluding hydrogens is 172 g/mol. The summed E-state index contributed by atoms with van der Waals surface area (Å²) < 4.78 is 0. The average molecular weight is 185 g/mol. The van der Waals surface area contributed by atoms with Gasteiger partial charge in [-0.1, -0.05) is 0 Å². The van der Waals surface area contributed by atoms with Crippen LogP contribution in [0.4, 0.5) is 0 Å². The highest BCUT2D eigenvalue weighted by Crippen LogP contribution is 1.64. The monoisotopic (exact) mass is 184 g/mol. The van der Waals surface area contributed by atoms with E-state index in [1.807, 2.05) is 0 Å². The van der Waals surface area contributed by atoms with E-state index in [0.29, 0.717) is 0 Å². The number of nitrogens with two attached hydrogens (primary N) is 2. The van der Waals surface area contributed by atoms with Crippen molar-refractivity contribution in [3.05, 3.63) is 0 Å². The number of primary amides is 1. The summed E-state index contributed by atoms with van der Waals surface area (Å²) in [7, 11) is 0. The lowest BCUT2D eigenvalue weighted by Crippen LogP contribution is -2.32. The first-order chi connectivity index (χ1) is 4.37. The molecule has 68 valence electrons. The summed E-state index contributed by atoms with van der Waals surface area (Å²) in [5.74, 6) is -1.30. The minimum Gasteiger partial charge on any atom is -0.481 e. The summed E-state index contributed by atoms with van der Waals surface area (Å²) >= 11 is 0. The zero-order valence-corrected chi connectivity index (χ0v) is 7.22. The number of halogens is 1. The molecule has 0 fully saturated rings. The zero-order chi connectivity index (χ0) is 8.73. The van der Waals surface area contributed by atoms with Gasteiger partial charge in [-0.2, -0.15) is 0 Å². The average Bonchev–Trinajstić information content (AvgIpc) is 1.63. The second-order valence-electron chi connectivity index (χ2n) is 1.71. The van der Waals surface area contributed by atoms with Crippen LogP contribution in [-0.2, 0) is 9.59 Å². The molecule has 5 nitrogen and oxygen atoms in total. The highest BCUT2D eigenvalue weighted by Gasteiger charge is 1.96. The van der Waals surface area contributed by atoms with Crippen molar-refractivity contribution in [2.45, 2.75) is 19.9 Å². The highest BCUT2D eigenvalue weighted by atomic mass is 35.5. The second-order valence-corrected chi connectivity index (χ2v) is 1.71. The van der Waals surface area contributed by atoms with Gasteiger partial charge in [-0.05, 0) is 6.92 Å². The number of carboxylic acid groups (broad SMARTS) is 1. The molecular formula is C5H13ClN2O3. The number of carbonyl (C=O) groups excluding carboxylic acids is 1. The van der Waals surface area contributed by atoms with E-state index in [4.69, 9.17) is 15.6 Å². The molecule has 1 atom stereocenters. The van der Waals surface area contributed by atoms with Crippen molar-refractivity contribution in [3.8, 4) is 0 Å². The first-order valence-corrected chi connectivity index (χ1v) is 2.62. The van der Waals surface area contributed by atoms with Crippen molar-refractivity contribution in [2.24, 2.45) is 11.5 Å². The molecule has 6 heteroatoms. The van der Waals surface area contributed by atoms with E-state index in [9.17, 15) is 4.79 Å². The maximum Gasteiger partial charge on any atom is 0.300 e. The van der Waals surface area contributed by atoms with Crippen LogP contribution in [-0.4, -0.2) is 23.0 Å². The van der Waals surface area contributed by atoms with Gasteiger partial charge in [0.25, 0.3) is 5.97 Å². The first-order valence-electron chi connectivity index (χ1n) is 2.62. The molecule has 1 amide bonds. The van der Waals surface area contributed by atoms with Crippen LogP contribution >= 0.6 is 12.4 Å². The van der Waals surface area contributed by atoms with E-state index in [-0.39, 0.29) is 12.4 Å². The molecule has 11 heavy (non-hydrogen) atoms.